The number of nitrogens with one attached hydrogen (secondary N) is 1. The van der Waals surface area contributed by atoms with Crippen molar-refractivity contribution in [2.45, 2.75) is 33.6 Å². The van der Waals surface area contributed by atoms with E-state index in [1.165, 1.54) is 6.07 Å². The van der Waals surface area contributed by atoms with Crippen LogP contribution < -0.4 is 10.7 Å². The van der Waals surface area contributed by atoms with Crippen molar-refractivity contribution in [3.05, 3.63) is 68.4 Å². The van der Waals surface area contributed by atoms with Crippen LogP contribution in [0.2, 0.25) is 0 Å². The molecule has 2 aromatic rings. The molecule has 0 radical (unpaired) electrons. The van der Waals surface area contributed by atoms with Crippen LogP contribution in [0.15, 0.2) is 56.0 Å². The Balaban J connectivity index is 2.36. The van der Waals surface area contributed by atoms with Crippen LogP contribution >= 0.6 is 0 Å². The quantitative estimate of drug-likeness (QED) is 0.839. The van der Waals surface area contributed by atoms with Crippen LogP contribution in [0.25, 0.3) is 11.0 Å². The minimum atomic E-state index is -0.677. The van der Waals surface area contributed by atoms with E-state index in [-0.39, 0.29) is 12.0 Å². The normalized spacial score (nSPS) is 16.9. The van der Waals surface area contributed by atoms with Crippen molar-refractivity contribution in [2.75, 3.05) is 6.61 Å². The van der Waals surface area contributed by atoms with Gasteiger partial charge in [0.05, 0.1) is 35.1 Å². The number of hydrogen-bond acceptors (Lipinski definition) is 6. The fourth-order valence-electron chi connectivity index (χ4n) is 3.48. The van der Waals surface area contributed by atoms with Crippen molar-refractivity contribution in [1.82, 2.24) is 5.32 Å². The molecule has 2 heterocycles. The Kier molecular flexibility index (Phi) is 4.87. The molecule has 0 bridgehead atoms. The zero-order chi connectivity index (χ0) is 19.7. The molecule has 138 valence electrons. The summed E-state index contributed by atoms with van der Waals surface area (Å²) in [7, 11) is 0. The number of carbonyl (C=O) groups is 1. The lowest BCUT2D eigenvalue weighted by Crippen LogP contribution is -2.29. The van der Waals surface area contributed by atoms with E-state index in [4.69, 9.17) is 9.15 Å². The molecule has 0 fully saturated rings. The molecular formula is C21H20N2O4. The van der Waals surface area contributed by atoms with E-state index in [1.54, 1.807) is 45.9 Å². The van der Waals surface area contributed by atoms with E-state index in [2.05, 4.69) is 11.4 Å². The first-order chi connectivity index (χ1) is 12.9. The lowest BCUT2D eigenvalue weighted by molar-refractivity contribution is -0.138. The van der Waals surface area contributed by atoms with E-state index in [1.807, 2.05) is 0 Å². The molecule has 6 heteroatoms. The molecular weight excluding hydrogens is 344 g/mol. The summed E-state index contributed by atoms with van der Waals surface area (Å²) >= 11 is 0. The van der Waals surface area contributed by atoms with Crippen molar-refractivity contribution in [1.29, 1.82) is 5.26 Å². The molecule has 1 atom stereocenters. The van der Waals surface area contributed by atoms with E-state index >= 15 is 0 Å². The highest BCUT2D eigenvalue weighted by molar-refractivity contribution is 5.94. The van der Waals surface area contributed by atoms with Crippen LogP contribution in [0.5, 0.6) is 0 Å². The highest BCUT2D eigenvalue weighted by Crippen LogP contribution is 2.40. The third kappa shape index (κ3) is 3.13. The molecule has 27 heavy (non-hydrogen) atoms. The van der Waals surface area contributed by atoms with Gasteiger partial charge in [0.2, 0.25) is 0 Å². The van der Waals surface area contributed by atoms with Crippen molar-refractivity contribution < 1.29 is 13.9 Å². The zero-order valence-electron chi connectivity index (χ0n) is 15.7. The first kappa shape index (κ1) is 18.5. The largest absolute Gasteiger partial charge is 0.463 e. The molecule has 0 saturated carbocycles. The highest BCUT2D eigenvalue weighted by atomic mass is 16.5. The van der Waals surface area contributed by atoms with Crippen LogP contribution in [0.4, 0.5) is 0 Å². The number of fused-ring (bicyclic) bond motifs is 1. The van der Waals surface area contributed by atoms with Gasteiger partial charge >= 0.3 is 5.97 Å². The van der Waals surface area contributed by atoms with Gasteiger partial charge in [-0.3, -0.25) is 4.79 Å². The Morgan fingerprint density at radius 3 is 2.70 bits per heavy atom. The molecule has 0 saturated heterocycles. The molecule has 1 aromatic carbocycles. The standard InChI is InChI=1S/C21H20N2O4/c1-5-26-21(25)18-13(4)23-12(3)16(10-22)19(18)15-8-6-7-14-17(24)9-11(2)27-20(14)15/h6-9,19,23H,5H2,1-4H3. The van der Waals surface area contributed by atoms with Gasteiger partial charge in [0, 0.05) is 23.0 Å². The summed E-state index contributed by atoms with van der Waals surface area (Å²) in [5, 5.41) is 13.3. The summed E-state index contributed by atoms with van der Waals surface area (Å²) in [6, 6.07) is 8.81. The van der Waals surface area contributed by atoms with E-state index in [0.717, 1.165) is 0 Å². The summed E-state index contributed by atoms with van der Waals surface area (Å²) in [6.45, 7) is 7.19. The number of hydrogen-bond donors (Lipinski definition) is 1. The van der Waals surface area contributed by atoms with Crippen molar-refractivity contribution in [3.8, 4) is 6.07 Å². The van der Waals surface area contributed by atoms with Crippen molar-refractivity contribution in [2.24, 2.45) is 0 Å². The van der Waals surface area contributed by atoms with Crippen molar-refractivity contribution in [3.63, 3.8) is 0 Å². The Morgan fingerprint density at radius 1 is 1.30 bits per heavy atom. The van der Waals surface area contributed by atoms with E-state index in [0.29, 0.717) is 44.8 Å². The number of aryl methyl sites for hydroxylation is 1. The fraction of sp³-hybridized carbons (Fsp3) is 0.286. The predicted octanol–water partition coefficient (Wildman–Crippen LogP) is 3.42. The third-order valence-electron chi connectivity index (χ3n) is 4.60. The number of para-hydroxylation sites is 1. The van der Waals surface area contributed by atoms with Crippen LogP contribution in [-0.4, -0.2) is 12.6 Å². The number of dihydropyridines is 1. The zero-order valence-corrected chi connectivity index (χ0v) is 15.7. The van der Waals surface area contributed by atoms with Crippen LogP contribution in [0.3, 0.4) is 0 Å². The summed E-state index contributed by atoms with van der Waals surface area (Å²) in [5.41, 5.74) is 2.80. The van der Waals surface area contributed by atoms with Gasteiger partial charge in [-0.05, 0) is 33.8 Å². The summed E-state index contributed by atoms with van der Waals surface area (Å²) in [4.78, 5) is 25.1. The SMILES string of the molecule is CCOC(=O)C1=C(C)NC(C)=C(C#N)C1c1cccc2c(=O)cc(C)oc12. The van der Waals surface area contributed by atoms with Gasteiger partial charge in [-0.25, -0.2) is 4.79 Å². The van der Waals surface area contributed by atoms with E-state index < -0.39 is 11.9 Å². The fourth-order valence-corrected chi connectivity index (χ4v) is 3.48. The molecule has 0 aliphatic carbocycles. The number of ether oxygens (including phenoxy) is 1. The monoisotopic (exact) mass is 364 g/mol. The average molecular weight is 364 g/mol. The van der Waals surface area contributed by atoms with Gasteiger partial charge in [-0.15, -0.1) is 0 Å². The number of esters is 1. The number of nitrogens with zero attached hydrogens (tertiary/aromatic N) is 1. The van der Waals surface area contributed by atoms with Crippen LogP contribution in [0.1, 0.15) is 38.0 Å². The number of allylic oxidation sites excluding steroid dienone is 3. The lowest BCUT2D eigenvalue weighted by atomic mass is 9.80. The second-order valence-electron chi connectivity index (χ2n) is 6.41. The molecule has 0 spiro atoms. The van der Waals surface area contributed by atoms with Gasteiger partial charge < -0.3 is 14.5 Å². The molecule has 6 nitrogen and oxygen atoms in total. The summed E-state index contributed by atoms with van der Waals surface area (Å²) < 4.78 is 11.1. The summed E-state index contributed by atoms with van der Waals surface area (Å²) in [6.07, 6.45) is 0. The maximum Gasteiger partial charge on any atom is 0.336 e. The van der Waals surface area contributed by atoms with E-state index in [9.17, 15) is 14.9 Å². The second-order valence-corrected chi connectivity index (χ2v) is 6.41. The maximum absolute atomic E-state index is 12.7. The number of carbonyl (C=O) groups excluding carboxylic acids is 1. The van der Waals surface area contributed by atoms with Crippen LogP contribution in [0, 0.1) is 18.3 Å². The lowest BCUT2D eigenvalue weighted by Gasteiger charge is -2.28. The predicted molar refractivity (Wildman–Crippen MR) is 101 cm³/mol. The van der Waals surface area contributed by atoms with Gasteiger partial charge in [0.1, 0.15) is 11.3 Å². The van der Waals surface area contributed by atoms with Gasteiger partial charge in [-0.2, -0.15) is 5.26 Å². The van der Waals surface area contributed by atoms with Gasteiger partial charge in [-0.1, -0.05) is 12.1 Å². The molecule has 1 N–H and O–H groups in total. The first-order valence-electron chi connectivity index (χ1n) is 8.68. The highest BCUT2D eigenvalue weighted by Gasteiger charge is 2.35. The third-order valence-corrected chi connectivity index (χ3v) is 4.60. The average Bonchev–Trinajstić information content (AvgIpc) is 2.60. The second kappa shape index (κ2) is 7.12. The van der Waals surface area contributed by atoms with Crippen molar-refractivity contribution >= 4 is 16.9 Å². The minimum Gasteiger partial charge on any atom is -0.463 e. The Bertz CT molecular complexity index is 1100. The maximum atomic E-state index is 12.7. The molecule has 1 aromatic heterocycles. The molecule has 1 aliphatic rings. The summed E-state index contributed by atoms with van der Waals surface area (Å²) in [5.74, 6) is -0.713. The Labute approximate surface area is 156 Å². The number of rotatable bonds is 3. The smallest absolute Gasteiger partial charge is 0.336 e. The van der Waals surface area contributed by atoms with Gasteiger partial charge in [0.25, 0.3) is 0 Å². The minimum absolute atomic E-state index is 0.165. The Hall–Kier alpha value is -3.33. The Morgan fingerprint density at radius 2 is 2.04 bits per heavy atom. The molecule has 3 rings (SSSR count). The number of benzene rings is 1. The van der Waals surface area contributed by atoms with Gasteiger partial charge in [0.15, 0.2) is 5.43 Å². The molecule has 0 amide bonds. The first-order valence-corrected chi connectivity index (χ1v) is 8.68. The van der Waals surface area contributed by atoms with Crippen LogP contribution in [-0.2, 0) is 9.53 Å². The molecule has 1 unspecified atom stereocenters. The number of nitriles is 1. The molecule has 1 aliphatic heterocycles. The topological polar surface area (TPSA) is 92.3 Å².